The molecule has 2 fully saturated rings. The smallest absolute Gasteiger partial charge is 0.414 e. The Kier molecular flexibility index (Phi) is 6.52. The number of aryl methyl sites for hydroxylation is 2. The van der Waals surface area contributed by atoms with E-state index < -0.39 is 0 Å². The van der Waals surface area contributed by atoms with E-state index in [1.807, 2.05) is 43.3 Å². The number of benzene rings is 3. The van der Waals surface area contributed by atoms with Gasteiger partial charge in [0.05, 0.1) is 19.3 Å². The molecule has 182 valence electrons. The van der Waals surface area contributed by atoms with Gasteiger partial charge in [0.2, 0.25) is 0 Å². The van der Waals surface area contributed by atoms with Crippen LogP contribution in [0.5, 0.6) is 5.75 Å². The van der Waals surface area contributed by atoms with Crippen LogP contribution in [0.25, 0.3) is 0 Å². The van der Waals surface area contributed by atoms with Crippen LogP contribution in [0.3, 0.4) is 0 Å². The summed E-state index contributed by atoms with van der Waals surface area (Å²) in [7, 11) is 0. The fourth-order valence-electron chi connectivity index (χ4n) is 4.60. The zero-order chi connectivity index (χ0) is 24.4. The molecule has 0 aliphatic carbocycles. The van der Waals surface area contributed by atoms with Crippen LogP contribution in [-0.4, -0.2) is 38.1 Å². The summed E-state index contributed by atoms with van der Waals surface area (Å²) >= 11 is 0. The largest absolute Gasteiger partial charge is 0.490 e. The number of cyclic esters (lactones) is 1. The molecule has 5 rings (SSSR count). The Balaban J connectivity index is 1.21. The van der Waals surface area contributed by atoms with E-state index in [1.54, 1.807) is 4.90 Å². The highest BCUT2D eigenvalue weighted by atomic mass is 16.6. The van der Waals surface area contributed by atoms with Crippen LogP contribution in [0.1, 0.15) is 42.5 Å². The van der Waals surface area contributed by atoms with E-state index >= 15 is 0 Å². The molecule has 0 saturated carbocycles. The maximum atomic E-state index is 12.4. The number of rotatable bonds is 9. The Bertz CT molecular complexity index is 1180. The van der Waals surface area contributed by atoms with Crippen LogP contribution in [0.4, 0.5) is 10.5 Å². The molecule has 3 aromatic carbocycles. The number of epoxide rings is 1. The Morgan fingerprint density at radius 1 is 0.971 bits per heavy atom. The van der Waals surface area contributed by atoms with Crippen molar-refractivity contribution in [3.63, 3.8) is 0 Å². The van der Waals surface area contributed by atoms with E-state index in [0.29, 0.717) is 19.3 Å². The third-order valence-electron chi connectivity index (χ3n) is 7.01. The molecule has 0 N–H and O–H groups in total. The number of ether oxygens (including phenoxy) is 3. The van der Waals surface area contributed by atoms with Gasteiger partial charge < -0.3 is 14.2 Å². The van der Waals surface area contributed by atoms with Gasteiger partial charge in [-0.1, -0.05) is 62.4 Å². The lowest BCUT2D eigenvalue weighted by molar-refractivity contribution is 0.105. The van der Waals surface area contributed by atoms with Crippen LogP contribution < -0.4 is 9.64 Å². The summed E-state index contributed by atoms with van der Waals surface area (Å²) in [6.45, 7) is 8.19. The summed E-state index contributed by atoms with van der Waals surface area (Å²) in [6, 6.07) is 25.0. The maximum absolute atomic E-state index is 12.4. The molecule has 3 aromatic rings. The molecule has 2 heterocycles. The molecule has 2 saturated heterocycles. The first-order valence-electron chi connectivity index (χ1n) is 12.4. The summed E-state index contributed by atoms with van der Waals surface area (Å²) in [5.41, 5.74) is 5.59. The van der Waals surface area contributed by atoms with E-state index in [2.05, 4.69) is 50.2 Å². The summed E-state index contributed by atoms with van der Waals surface area (Å²) in [5, 5.41) is 0. The molecule has 0 aromatic heterocycles. The van der Waals surface area contributed by atoms with E-state index in [-0.39, 0.29) is 17.6 Å². The topological polar surface area (TPSA) is 51.3 Å². The van der Waals surface area contributed by atoms with Gasteiger partial charge in [-0.15, -0.1) is 0 Å². The fourth-order valence-corrected chi connectivity index (χ4v) is 4.60. The highest BCUT2D eigenvalue weighted by Gasteiger charge is 2.33. The van der Waals surface area contributed by atoms with Gasteiger partial charge in [0.25, 0.3) is 0 Å². The van der Waals surface area contributed by atoms with Gasteiger partial charge >= 0.3 is 6.09 Å². The first-order chi connectivity index (χ1) is 16.9. The first-order valence-corrected chi connectivity index (χ1v) is 12.4. The normalized spacial score (nSPS) is 19.5. The number of anilines is 1. The van der Waals surface area contributed by atoms with Crippen molar-refractivity contribution in [3.05, 3.63) is 95.1 Å². The van der Waals surface area contributed by atoms with Crippen molar-refractivity contribution >= 4 is 11.8 Å². The minimum atomic E-state index is -0.327. The molecule has 0 spiro atoms. The van der Waals surface area contributed by atoms with Gasteiger partial charge in [-0.05, 0) is 66.3 Å². The van der Waals surface area contributed by atoms with E-state index in [9.17, 15) is 4.79 Å². The van der Waals surface area contributed by atoms with Gasteiger partial charge in [0.1, 0.15) is 12.4 Å². The molecule has 0 radical (unpaired) electrons. The third kappa shape index (κ3) is 5.51. The highest BCUT2D eigenvalue weighted by Crippen LogP contribution is 2.34. The van der Waals surface area contributed by atoms with Gasteiger partial charge in [-0.25, -0.2) is 4.79 Å². The van der Waals surface area contributed by atoms with E-state index in [0.717, 1.165) is 36.4 Å². The van der Waals surface area contributed by atoms with E-state index in [4.69, 9.17) is 14.2 Å². The average molecular weight is 472 g/mol. The molecule has 35 heavy (non-hydrogen) atoms. The molecule has 5 heteroatoms. The van der Waals surface area contributed by atoms with Crippen LogP contribution in [0, 0.1) is 6.92 Å². The molecule has 1 amide bonds. The van der Waals surface area contributed by atoms with Crippen LogP contribution in [0.15, 0.2) is 72.8 Å². The molecular weight excluding hydrogens is 438 g/mol. The summed E-state index contributed by atoms with van der Waals surface area (Å²) in [6.07, 6.45) is 1.98. The Morgan fingerprint density at radius 2 is 1.74 bits per heavy atom. The number of hydrogen-bond acceptors (Lipinski definition) is 4. The van der Waals surface area contributed by atoms with Crippen LogP contribution >= 0.6 is 0 Å². The predicted octanol–water partition coefficient (Wildman–Crippen LogP) is 6.06. The van der Waals surface area contributed by atoms with Crippen molar-refractivity contribution in [1.29, 1.82) is 0 Å². The number of nitrogens with zero attached hydrogens (tertiary/aromatic N) is 1. The lowest BCUT2D eigenvalue weighted by atomic mass is 9.78. The Hall–Kier alpha value is -3.31. The van der Waals surface area contributed by atoms with Crippen molar-refractivity contribution in [1.82, 2.24) is 0 Å². The second-order valence-electron chi connectivity index (χ2n) is 10.1. The number of hydrogen-bond donors (Lipinski definition) is 0. The van der Waals surface area contributed by atoms with Gasteiger partial charge in [-0.3, -0.25) is 4.90 Å². The second kappa shape index (κ2) is 9.74. The SMILES string of the molecule is Cc1cccc(N2CC(COc3cccc(C(C)(C)c4ccc(CCC5CO5)cc4)c3)OC2=O)c1. The minimum absolute atomic E-state index is 0.167. The second-order valence-corrected chi connectivity index (χ2v) is 10.1. The summed E-state index contributed by atoms with van der Waals surface area (Å²) in [5.74, 6) is 0.779. The van der Waals surface area contributed by atoms with Gasteiger partial charge in [0.15, 0.2) is 6.10 Å². The standard InChI is InChI=1S/C30H33NO4/c1-21-6-4-8-25(16-21)31-18-28(35-29(31)32)20-33-26-9-5-7-24(17-26)30(2,3)23-13-10-22(11-14-23)12-15-27-19-34-27/h4-11,13-14,16-17,27-28H,12,15,18-20H2,1-3H3. The maximum Gasteiger partial charge on any atom is 0.414 e. The quantitative estimate of drug-likeness (QED) is 0.356. The monoisotopic (exact) mass is 471 g/mol. The van der Waals surface area contributed by atoms with Crippen LogP contribution in [-0.2, 0) is 21.3 Å². The van der Waals surface area contributed by atoms with Crippen molar-refractivity contribution in [3.8, 4) is 5.75 Å². The van der Waals surface area contributed by atoms with Crippen molar-refractivity contribution in [2.24, 2.45) is 0 Å². The van der Waals surface area contributed by atoms with Gasteiger partial charge in [0, 0.05) is 11.1 Å². The lowest BCUT2D eigenvalue weighted by Gasteiger charge is -2.27. The molecule has 2 unspecified atom stereocenters. The molecular formula is C30H33NO4. The molecule has 2 aliphatic rings. The Labute approximate surface area is 207 Å². The predicted molar refractivity (Wildman–Crippen MR) is 137 cm³/mol. The molecule has 2 aliphatic heterocycles. The highest BCUT2D eigenvalue weighted by molar-refractivity contribution is 5.89. The van der Waals surface area contributed by atoms with Crippen molar-refractivity contribution in [2.45, 2.75) is 51.2 Å². The zero-order valence-electron chi connectivity index (χ0n) is 20.7. The van der Waals surface area contributed by atoms with Gasteiger partial charge in [-0.2, -0.15) is 0 Å². The van der Waals surface area contributed by atoms with E-state index in [1.165, 1.54) is 16.7 Å². The molecule has 0 bridgehead atoms. The Morgan fingerprint density at radius 3 is 2.49 bits per heavy atom. The average Bonchev–Trinajstić information content (AvgIpc) is 3.62. The third-order valence-corrected chi connectivity index (χ3v) is 7.01. The fraction of sp³-hybridized carbons (Fsp3) is 0.367. The molecule has 2 atom stereocenters. The number of carbonyl (C=O) groups is 1. The minimum Gasteiger partial charge on any atom is -0.490 e. The van der Waals surface area contributed by atoms with Crippen molar-refractivity contribution < 1.29 is 19.0 Å². The molecule has 5 nitrogen and oxygen atoms in total. The lowest BCUT2D eigenvalue weighted by Crippen LogP contribution is -2.26. The van der Waals surface area contributed by atoms with Crippen LogP contribution in [0.2, 0.25) is 0 Å². The number of carbonyl (C=O) groups excluding carboxylic acids is 1. The number of amides is 1. The first kappa shape index (κ1) is 23.4. The zero-order valence-corrected chi connectivity index (χ0v) is 20.7. The van der Waals surface area contributed by atoms with Crippen molar-refractivity contribution in [2.75, 3.05) is 24.7 Å². The summed E-state index contributed by atoms with van der Waals surface area (Å²) in [4.78, 5) is 14.1. The summed E-state index contributed by atoms with van der Waals surface area (Å²) < 4.78 is 17.0.